The van der Waals surface area contributed by atoms with Gasteiger partial charge in [-0.1, -0.05) is 18.2 Å². The van der Waals surface area contributed by atoms with Crippen LogP contribution in [0.2, 0.25) is 0 Å². The van der Waals surface area contributed by atoms with Gasteiger partial charge in [0.05, 0.1) is 22.8 Å². The van der Waals surface area contributed by atoms with Gasteiger partial charge in [-0.25, -0.2) is 9.79 Å². The number of esters is 1. The first-order chi connectivity index (χ1) is 16.3. The third kappa shape index (κ3) is 4.47. The molecule has 1 aliphatic heterocycles. The van der Waals surface area contributed by atoms with Crippen LogP contribution in [0.15, 0.2) is 58.4 Å². The Hall–Kier alpha value is -3.85. The number of carbonyl (C=O) groups is 3. The second-order valence-corrected chi connectivity index (χ2v) is 8.64. The predicted octanol–water partition coefficient (Wildman–Crippen LogP) is 4.44. The van der Waals surface area contributed by atoms with Crippen LogP contribution in [-0.4, -0.2) is 51.2 Å². The molecule has 0 radical (unpaired) electrons. The third-order valence-electron chi connectivity index (χ3n) is 5.49. The lowest BCUT2D eigenvalue weighted by molar-refractivity contribution is -0.143. The van der Waals surface area contributed by atoms with Crippen molar-refractivity contribution < 1.29 is 24.2 Å². The fourth-order valence-electron chi connectivity index (χ4n) is 3.75. The number of hydrogen-bond acceptors (Lipinski definition) is 6. The predicted molar refractivity (Wildman–Crippen MR) is 132 cm³/mol. The number of carbonyl (C=O) groups excluding carboxylic acids is 2. The Morgan fingerprint density at radius 3 is 2.53 bits per heavy atom. The number of aliphatic imine (C=N–C) groups is 1. The highest BCUT2D eigenvalue weighted by molar-refractivity contribution is 8.18. The molecule has 3 aromatic rings. The van der Waals surface area contributed by atoms with Gasteiger partial charge < -0.3 is 14.4 Å². The van der Waals surface area contributed by atoms with E-state index in [0.717, 1.165) is 22.2 Å². The molecule has 0 unspecified atom stereocenters. The van der Waals surface area contributed by atoms with Crippen molar-refractivity contribution in [1.29, 1.82) is 0 Å². The summed E-state index contributed by atoms with van der Waals surface area (Å²) in [6.07, 6.45) is 1.83. The van der Waals surface area contributed by atoms with Gasteiger partial charge in [-0.2, -0.15) is 0 Å². The summed E-state index contributed by atoms with van der Waals surface area (Å²) in [5.41, 5.74) is 3.32. The summed E-state index contributed by atoms with van der Waals surface area (Å²) in [6, 6.07) is 13.9. The van der Waals surface area contributed by atoms with E-state index in [1.807, 2.05) is 41.8 Å². The third-order valence-corrected chi connectivity index (χ3v) is 6.55. The van der Waals surface area contributed by atoms with Crippen LogP contribution in [0.1, 0.15) is 28.5 Å². The Morgan fingerprint density at radius 1 is 1.15 bits per heavy atom. The molecule has 0 saturated carbocycles. The van der Waals surface area contributed by atoms with Gasteiger partial charge in [0.15, 0.2) is 5.17 Å². The van der Waals surface area contributed by atoms with Crippen molar-refractivity contribution in [3.63, 3.8) is 0 Å². The van der Waals surface area contributed by atoms with Crippen molar-refractivity contribution in [2.45, 2.75) is 20.4 Å². The number of rotatable bonds is 6. The number of nitrogens with zero attached hydrogens (tertiary/aromatic N) is 3. The molecular weight excluding hydrogens is 454 g/mol. The molecule has 0 aliphatic carbocycles. The summed E-state index contributed by atoms with van der Waals surface area (Å²) >= 11 is 1.25. The zero-order valence-corrected chi connectivity index (χ0v) is 19.8. The van der Waals surface area contributed by atoms with E-state index in [4.69, 9.17) is 9.84 Å². The van der Waals surface area contributed by atoms with Crippen LogP contribution in [0, 0.1) is 6.92 Å². The first-order valence-electron chi connectivity index (χ1n) is 10.6. The lowest BCUT2D eigenvalue weighted by Gasteiger charge is -2.08. The first kappa shape index (κ1) is 23.3. The molecule has 2 aromatic carbocycles. The van der Waals surface area contributed by atoms with Crippen LogP contribution in [0.25, 0.3) is 17.0 Å². The molecule has 1 aliphatic rings. The van der Waals surface area contributed by atoms with E-state index in [2.05, 4.69) is 4.99 Å². The van der Waals surface area contributed by atoms with Crippen molar-refractivity contribution >= 4 is 57.4 Å². The average molecular weight is 478 g/mol. The quantitative estimate of drug-likeness (QED) is 0.416. The number of para-hydroxylation sites is 1. The Bertz CT molecular complexity index is 1350. The monoisotopic (exact) mass is 477 g/mol. The molecule has 34 heavy (non-hydrogen) atoms. The van der Waals surface area contributed by atoms with E-state index in [1.165, 1.54) is 28.8 Å². The maximum atomic E-state index is 13.0. The van der Waals surface area contributed by atoms with E-state index in [1.54, 1.807) is 26.1 Å². The molecule has 2 heterocycles. The molecule has 9 heteroatoms. The SMILES string of the molecule is CCOC(=O)Cn1c(C)c(/C=C2/SC(=Nc3ccc(C(=O)O)cc3)N(C)C2=O)c2ccccc21. The first-order valence-corrected chi connectivity index (χ1v) is 11.4. The molecular formula is C25H23N3O5S. The van der Waals surface area contributed by atoms with E-state index in [0.29, 0.717) is 22.4 Å². The molecule has 1 aromatic heterocycles. The molecule has 0 bridgehead atoms. The van der Waals surface area contributed by atoms with Crippen LogP contribution in [0.3, 0.4) is 0 Å². The van der Waals surface area contributed by atoms with Crippen LogP contribution in [-0.2, 0) is 20.9 Å². The number of aromatic nitrogens is 1. The topological polar surface area (TPSA) is 101 Å². The van der Waals surface area contributed by atoms with Crippen molar-refractivity contribution in [2.75, 3.05) is 13.7 Å². The van der Waals surface area contributed by atoms with Crippen LogP contribution in [0.4, 0.5) is 5.69 Å². The van der Waals surface area contributed by atoms with Gasteiger partial charge in [0.2, 0.25) is 0 Å². The van der Waals surface area contributed by atoms with Crippen molar-refractivity contribution in [3.05, 3.63) is 70.3 Å². The maximum Gasteiger partial charge on any atom is 0.335 e. The summed E-state index contributed by atoms with van der Waals surface area (Å²) in [5, 5.41) is 10.5. The van der Waals surface area contributed by atoms with Crippen molar-refractivity contribution in [1.82, 2.24) is 9.47 Å². The molecule has 1 fully saturated rings. The Morgan fingerprint density at radius 2 is 1.85 bits per heavy atom. The molecule has 1 amide bonds. The second kappa shape index (κ2) is 9.56. The fourth-order valence-corrected chi connectivity index (χ4v) is 4.72. The fraction of sp³-hybridized carbons (Fsp3) is 0.200. The van der Waals surface area contributed by atoms with E-state index in [-0.39, 0.29) is 24.0 Å². The maximum absolute atomic E-state index is 13.0. The highest BCUT2D eigenvalue weighted by Gasteiger charge is 2.31. The highest BCUT2D eigenvalue weighted by Crippen LogP contribution is 2.36. The average Bonchev–Trinajstić information content (AvgIpc) is 3.23. The minimum absolute atomic E-state index is 0.0867. The van der Waals surface area contributed by atoms with Crippen molar-refractivity contribution in [3.8, 4) is 0 Å². The van der Waals surface area contributed by atoms with E-state index in [9.17, 15) is 14.4 Å². The molecule has 4 rings (SSSR count). The number of aromatic carboxylic acids is 1. The number of amides is 1. The number of carboxylic acid groups (broad SMARTS) is 1. The molecule has 1 saturated heterocycles. The highest BCUT2D eigenvalue weighted by atomic mass is 32.2. The van der Waals surface area contributed by atoms with Crippen LogP contribution < -0.4 is 0 Å². The zero-order valence-electron chi connectivity index (χ0n) is 18.9. The standard InChI is InChI=1S/C25H23N3O5S/c1-4-33-22(29)14-28-15(2)19(18-7-5-6-8-20(18)28)13-21-23(30)27(3)25(34-21)26-17-11-9-16(10-12-17)24(31)32/h5-13H,4,14H2,1-3H3,(H,31,32)/b21-13+,26-25?. The zero-order chi connectivity index (χ0) is 24.4. The van der Waals surface area contributed by atoms with Crippen molar-refractivity contribution in [2.24, 2.45) is 4.99 Å². The summed E-state index contributed by atoms with van der Waals surface area (Å²) in [5.74, 6) is -1.52. The minimum Gasteiger partial charge on any atom is -0.478 e. The molecule has 0 atom stereocenters. The Kier molecular flexibility index (Phi) is 6.56. The molecule has 1 N–H and O–H groups in total. The van der Waals surface area contributed by atoms with Gasteiger partial charge >= 0.3 is 11.9 Å². The Labute approximate surface area is 200 Å². The molecule has 8 nitrogen and oxygen atoms in total. The number of carboxylic acids is 1. The molecule has 174 valence electrons. The van der Waals surface area contributed by atoms with Gasteiger partial charge in [0, 0.05) is 29.2 Å². The lowest BCUT2D eigenvalue weighted by Crippen LogP contribution is -2.23. The number of thioether (sulfide) groups is 1. The number of amidine groups is 1. The summed E-state index contributed by atoms with van der Waals surface area (Å²) in [4.78, 5) is 42.7. The van der Waals surface area contributed by atoms with Gasteiger partial charge in [0.1, 0.15) is 6.54 Å². The number of hydrogen-bond donors (Lipinski definition) is 1. The van der Waals surface area contributed by atoms with E-state index >= 15 is 0 Å². The Balaban J connectivity index is 1.70. The summed E-state index contributed by atoms with van der Waals surface area (Å²) in [7, 11) is 1.65. The smallest absolute Gasteiger partial charge is 0.335 e. The van der Waals surface area contributed by atoms with Crippen LogP contribution >= 0.6 is 11.8 Å². The molecule has 0 spiro atoms. The number of ether oxygens (including phenoxy) is 1. The number of fused-ring (bicyclic) bond motifs is 1. The largest absolute Gasteiger partial charge is 0.478 e. The number of likely N-dealkylation sites (N-methyl/N-ethyl adjacent to an activating group) is 1. The minimum atomic E-state index is -1.01. The van der Waals surface area contributed by atoms with Crippen LogP contribution in [0.5, 0.6) is 0 Å². The lowest BCUT2D eigenvalue weighted by atomic mass is 10.1. The van der Waals surface area contributed by atoms with Gasteiger partial charge in [0.25, 0.3) is 5.91 Å². The van der Waals surface area contributed by atoms with Gasteiger partial charge in [-0.15, -0.1) is 0 Å². The van der Waals surface area contributed by atoms with Gasteiger partial charge in [-0.3, -0.25) is 14.5 Å². The second-order valence-electron chi connectivity index (χ2n) is 7.63. The number of benzene rings is 2. The summed E-state index contributed by atoms with van der Waals surface area (Å²) in [6.45, 7) is 4.09. The van der Waals surface area contributed by atoms with Gasteiger partial charge in [-0.05, 0) is 62.0 Å². The van der Waals surface area contributed by atoms with E-state index < -0.39 is 5.97 Å². The normalized spacial score (nSPS) is 16.1. The summed E-state index contributed by atoms with van der Waals surface area (Å²) < 4.78 is 7.02.